The van der Waals surface area contributed by atoms with Crippen LogP contribution in [-0.4, -0.2) is 49.5 Å². The lowest BCUT2D eigenvalue weighted by molar-refractivity contribution is -0.385. The van der Waals surface area contributed by atoms with E-state index in [1.165, 1.54) is 17.0 Å². The van der Waals surface area contributed by atoms with Gasteiger partial charge in [-0.15, -0.1) is 11.8 Å². The lowest BCUT2D eigenvalue weighted by Crippen LogP contribution is -2.42. The number of thiazole rings is 1. The maximum atomic E-state index is 13.8. The van der Waals surface area contributed by atoms with Crippen molar-refractivity contribution in [3.8, 4) is 5.75 Å². The summed E-state index contributed by atoms with van der Waals surface area (Å²) < 4.78 is 6.30. The molecule has 14 heteroatoms. The van der Waals surface area contributed by atoms with Gasteiger partial charge in [0.2, 0.25) is 11.8 Å². The standard InChI is InChI=1S/C32H30ClN3O8S2/c33-16-7-5-15(6-8-16)14-44-21-10-9-17(36(42)43)12-18(21)23-24-19-13-20(27(24)45-29-28(23)46-32(41)34-29)26-25(19)30(39)35(31(26)40)11-3-1-2-4-22(37)38/h5-10,12,19-20,23-27H,1-4,11,13-14H2,(H,34,41)(H,37,38)/t19?,20?,23-,24?,25?,26?,27?/m1/s1. The minimum atomic E-state index is -0.869. The number of ether oxygens (including phenoxy) is 1. The van der Waals surface area contributed by atoms with Crippen molar-refractivity contribution in [1.29, 1.82) is 0 Å². The van der Waals surface area contributed by atoms with Crippen molar-refractivity contribution in [3.05, 3.63) is 83.3 Å². The van der Waals surface area contributed by atoms with Crippen LogP contribution in [0.2, 0.25) is 5.02 Å². The molecule has 2 saturated carbocycles. The average Bonchev–Trinajstić information content (AvgIpc) is 3.76. The quantitative estimate of drug-likeness (QED) is 0.112. The molecule has 7 atom stereocenters. The highest BCUT2D eigenvalue weighted by Crippen LogP contribution is 2.69. The first-order valence-electron chi connectivity index (χ1n) is 15.2. The van der Waals surface area contributed by atoms with Gasteiger partial charge in [-0.3, -0.25) is 34.2 Å². The largest absolute Gasteiger partial charge is 0.489 e. The van der Waals surface area contributed by atoms with Gasteiger partial charge in [-0.1, -0.05) is 41.5 Å². The number of aromatic nitrogens is 1. The highest BCUT2D eigenvalue weighted by molar-refractivity contribution is 8.00. The Bertz CT molecular complexity index is 1790. The summed E-state index contributed by atoms with van der Waals surface area (Å²) in [5, 5.41) is 22.1. The van der Waals surface area contributed by atoms with Crippen LogP contribution < -0.4 is 9.61 Å². The molecule has 0 radical (unpaired) electrons. The number of non-ortho nitro benzene ring substituents is 1. The van der Waals surface area contributed by atoms with Gasteiger partial charge in [0.05, 0.1) is 21.8 Å². The number of hydrogen-bond donors (Lipinski definition) is 2. The Morgan fingerprint density at radius 2 is 1.80 bits per heavy atom. The van der Waals surface area contributed by atoms with Crippen molar-refractivity contribution in [1.82, 2.24) is 9.88 Å². The molecule has 0 spiro atoms. The average molecular weight is 684 g/mol. The molecular weight excluding hydrogens is 654 g/mol. The number of fused-ring (bicyclic) bond motifs is 9. The SMILES string of the molecule is O=C(O)CCCCCN1C(=O)C2C3CC(C2C1=O)C1C3Sc2[nH]c(=O)sc2[C@@H]1c1cc([N+](=O)[O-])ccc1OCc1ccc(Cl)cc1. The maximum absolute atomic E-state index is 13.8. The number of benzene rings is 2. The Balaban J connectivity index is 1.23. The fourth-order valence-electron chi connectivity index (χ4n) is 8.14. The number of H-pyrrole nitrogens is 1. The summed E-state index contributed by atoms with van der Waals surface area (Å²) in [5.41, 5.74) is 1.35. The number of aromatic amines is 1. The Kier molecular flexibility index (Phi) is 8.18. The van der Waals surface area contributed by atoms with E-state index in [-0.39, 0.29) is 65.0 Å². The third-order valence-corrected chi connectivity index (χ3v) is 12.8. The van der Waals surface area contributed by atoms with Crippen molar-refractivity contribution in [2.24, 2.45) is 29.6 Å². The van der Waals surface area contributed by atoms with E-state index in [0.29, 0.717) is 47.0 Å². The number of hydrogen-bond acceptors (Lipinski definition) is 9. The molecule has 240 valence electrons. The van der Waals surface area contributed by atoms with E-state index in [4.69, 9.17) is 21.4 Å². The second-order valence-corrected chi connectivity index (χ2v) is 15.0. The minimum absolute atomic E-state index is 0.0501. The Morgan fingerprint density at radius 1 is 1.07 bits per heavy atom. The van der Waals surface area contributed by atoms with Crippen molar-refractivity contribution >= 4 is 58.2 Å². The van der Waals surface area contributed by atoms with Gasteiger partial charge >= 0.3 is 10.8 Å². The molecule has 2 bridgehead atoms. The number of unbranched alkanes of at least 4 members (excludes halogenated alkanes) is 2. The summed E-state index contributed by atoms with van der Waals surface area (Å²) in [7, 11) is 0. The number of thioether (sulfide) groups is 1. The Labute approximate surface area is 276 Å². The molecule has 2 N–H and O–H groups in total. The number of imide groups is 1. The summed E-state index contributed by atoms with van der Waals surface area (Å²) in [5.74, 6) is -2.53. The molecule has 3 aromatic rings. The number of rotatable bonds is 11. The number of aliphatic carboxylic acids is 1. The minimum Gasteiger partial charge on any atom is -0.489 e. The third-order valence-electron chi connectivity index (χ3n) is 9.93. The van der Waals surface area contributed by atoms with Crippen LogP contribution in [0.15, 0.2) is 52.3 Å². The van der Waals surface area contributed by atoms with Gasteiger partial charge in [0.1, 0.15) is 12.4 Å². The molecule has 4 aliphatic rings. The van der Waals surface area contributed by atoms with Gasteiger partial charge in [-0.05, 0) is 60.8 Å². The van der Waals surface area contributed by atoms with Crippen molar-refractivity contribution in [2.75, 3.05) is 6.54 Å². The Hall–Kier alpha value is -3.68. The van der Waals surface area contributed by atoms with Gasteiger partial charge in [-0.25, -0.2) is 0 Å². The number of nitrogens with one attached hydrogen (secondary N) is 1. The van der Waals surface area contributed by atoms with Gasteiger partial charge in [-0.2, -0.15) is 0 Å². The number of amides is 2. The lowest BCUT2D eigenvalue weighted by Gasteiger charge is -2.43. The van der Waals surface area contributed by atoms with Crippen molar-refractivity contribution in [3.63, 3.8) is 0 Å². The number of carbonyl (C=O) groups is 3. The zero-order valence-corrected chi connectivity index (χ0v) is 26.8. The van der Waals surface area contributed by atoms with Crippen LogP contribution in [0, 0.1) is 39.7 Å². The molecule has 2 aliphatic heterocycles. The van der Waals surface area contributed by atoms with Crippen LogP contribution in [0.25, 0.3) is 0 Å². The van der Waals surface area contributed by atoms with Gasteiger partial charge in [0.25, 0.3) is 5.69 Å². The number of halogens is 1. The molecule has 46 heavy (non-hydrogen) atoms. The van der Waals surface area contributed by atoms with Crippen LogP contribution in [-0.2, 0) is 21.0 Å². The molecule has 1 saturated heterocycles. The summed E-state index contributed by atoms with van der Waals surface area (Å²) in [4.78, 5) is 67.5. The molecule has 2 aliphatic carbocycles. The second-order valence-electron chi connectivity index (χ2n) is 12.4. The fraction of sp³-hybridized carbons (Fsp3) is 0.438. The van der Waals surface area contributed by atoms with E-state index in [9.17, 15) is 29.3 Å². The molecule has 3 fully saturated rings. The normalized spacial score (nSPS) is 27.4. The first-order valence-corrected chi connectivity index (χ1v) is 17.3. The van der Waals surface area contributed by atoms with E-state index in [0.717, 1.165) is 21.8 Å². The molecule has 3 heterocycles. The zero-order valence-electron chi connectivity index (χ0n) is 24.4. The molecule has 1 aromatic heterocycles. The van der Waals surface area contributed by atoms with Crippen LogP contribution >= 0.6 is 34.7 Å². The lowest BCUT2D eigenvalue weighted by atomic mass is 9.68. The van der Waals surface area contributed by atoms with Crippen LogP contribution in [0.4, 0.5) is 5.69 Å². The van der Waals surface area contributed by atoms with E-state index in [1.54, 1.807) is 30.0 Å². The second kappa shape index (κ2) is 12.2. The number of carbonyl (C=O) groups excluding carboxylic acids is 2. The maximum Gasteiger partial charge on any atom is 0.305 e. The summed E-state index contributed by atoms with van der Waals surface area (Å²) in [6, 6.07) is 11.7. The van der Waals surface area contributed by atoms with E-state index >= 15 is 0 Å². The predicted octanol–water partition coefficient (Wildman–Crippen LogP) is 5.70. The third kappa shape index (κ3) is 5.31. The number of nitro benzene ring substituents is 1. The number of likely N-dealkylation sites (tertiary alicyclic amines) is 1. The topological polar surface area (TPSA) is 160 Å². The predicted molar refractivity (Wildman–Crippen MR) is 170 cm³/mol. The zero-order chi connectivity index (χ0) is 32.3. The van der Waals surface area contributed by atoms with Crippen LogP contribution in [0.5, 0.6) is 5.75 Å². The molecule has 2 aromatic carbocycles. The number of carboxylic acids is 1. The number of nitro groups is 1. The van der Waals surface area contributed by atoms with Crippen LogP contribution in [0.1, 0.15) is 54.0 Å². The fourth-order valence-corrected chi connectivity index (χ4v) is 11.1. The molecular formula is C32H30ClN3O8S2. The number of carboxylic acid groups (broad SMARTS) is 1. The van der Waals surface area contributed by atoms with Crippen LogP contribution in [0.3, 0.4) is 0 Å². The smallest absolute Gasteiger partial charge is 0.305 e. The first-order chi connectivity index (χ1) is 22.1. The molecule has 6 unspecified atom stereocenters. The molecule has 7 rings (SSSR count). The molecule has 11 nitrogen and oxygen atoms in total. The van der Waals surface area contributed by atoms with Gasteiger partial charge in [0, 0.05) is 51.7 Å². The summed E-state index contributed by atoms with van der Waals surface area (Å²) >= 11 is 8.67. The van der Waals surface area contributed by atoms with E-state index in [1.807, 2.05) is 12.1 Å². The summed E-state index contributed by atoms with van der Waals surface area (Å²) in [6.07, 6.45) is 2.37. The van der Waals surface area contributed by atoms with Gasteiger partial charge in [0.15, 0.2) is 0 Å². The van der Waals surface area contributed by atoms with Gasteiger partial charge < -0.3 is 14.8 Å². The highest BCUT2D eigenvalue weighted by atomic mass is 35.5. The van der Waals surface area contributed by atoms with Crippen molar-refractivity contribution < 1.29 is 29.2 Å². The first kappa shape index (κ1) is 30.9. The van der Waals surface area contributed by atoms with E-state index in [2.05, 4.69) is 4.98 Å². The van der Waals surface area contributed by atoms with E-state index < -0.39 is 28.6 Å². The monoisotopic (exact) mass is 683 g/mol. The summed E-state index contributed by atoms with van der Waals surface area (Å²) in [6.45, 7) is 0.461. The molecule has 2 amide bonds. The van der Waals surface area contributed by atoms with Crippen molar-refractivity contribution in [2.45, 2.75) is 54.9 Å². The number of nitrogens with zero attached hydrogens (tertiary/aromatic N) is 2. The Morgan fingerprint density at radius 3 is 2.52 bits per heavy atom. The highest BCUT2D eigenvalue weighted by Gasteiger charge is 2.69.